The Kier molecular flexibility index (Phi) is 6.49. The molecule has 0 radical (unpaired) electrons. The molecular weight excluding hydrogens is 264 g/mol. The summed E-state index contributed by atoms with van der Waals surface area (Å²) < 4.78 is 0. The number of aliphatic hydroxyl groups is 1. The first kappa shape index (κ1) is 16.8. The lowest BCUT2D eigenvalue weighted by molar-refractivity contribution is -0.134. The molecule has 1 aliphatic carbocycles. The molecule has 3 unspecified atom stereocenters. The van der Waals surface area contributed by atoms with Crippen LogP contribution < -0.4 is 5.32 Å². The third-order valence-electron chi connectivity index (χ3n) is 5.15. The number of nitrogens with one attached hydrogen (secondary N) is 1. The van der Waals surface area contributed by atoms with Crippen molar-refractivity contribution >= 4 is 5.91 Å². The molecule has 1 heterocycles. The second kappa shape index (κ2) is 8.14. The lowest BCUT2D eigenvalue weighted by atomic mass is 9.89. The predicted octanol–water partition coefficient (Wildman–Crippen LogP) is 2.16. The highest BCUT2D eigenvalue weighted by molar-refractivity contribution is 5.76. The van der Waals surface area contributed by atoms with E-state index in [-0.39, 0.29) is 17.9 Å². The van der Waals surface area contributed by atoms with Gasteiger partial charge in [0.25, 0.3) is 0 Å². The van der Waals surface area contributed by atoms with Crippen molar-refractivity contribution in [2.45, 2.75) is 70.9 Å². The standard InChI is InChI=1S/C17H32N2O2/c1-3-6-17(21)19-11-15(13(2)20)9-16(12-19)18-10-14-7-4-5-8-14/h13-16,18,20H,3-12H2,1-2H3. The number of aliphatic hydroxyl groups excluding tert-OH is 1. The van der Waals surface area contributed by atoms with Gasteiger partial charge in [0.15, 0.2) is 0 Å². The normalized spacial score (nSPS) is 28.8. The molecule has 0 aromatic carbocycles. The molecular formula is C17H32N2O2. The molecule has 2 aliphatic rings. The predicted molar refractivity (Wildman–Crippen MR) is 85.0 cm³/mol. The van der Waals surface area contributed by atoms with Crippen LogP contribution in [0.15, 0.2) is 0 Å². The average molecular weight is 296 g/mol. The fourth-order valence-electron chi connectivity index (χ4n) is 3.76. The molecule has 2 N–H and O–H groups in total. The minimum Gasteiger partial charge on any atom is -0.393 e. The summed E-state index contributed by atoms with van der Waals surface area (Å²) in [6.07, 6.45) is 7.61. The summed E-state index contributed by atoms with van der Waals surface area (Å²) in [4.78, 5) is 14.2. The van der Waals surface area contributed by atoms with Crippen LogP contribution in [0.25, 0.3) is 0 Å². The van der Waals surface area contributed by atoms with Crippen molar-refractivity contribution in [1.82, 2.24) is 10.2 Å². The molecule has 0 aromatic heterocycles. The quantitative estimate of drug-likeness (QED) is 0.790. The van der Waals surface area contributed by atoms with Gasteiger partial charge in [-0.15, -0.1) is 0 Å². The van der Waals surface area contributed by atoms with Crippen LogP contribution in [0.5, 0.6) is 0 Å². The monoisotopic (exact) mass is 296 g/mol. The van der Waals surface area contributed by atoms with Gasteiger partial charge in [0, 0.05) is 31.5 Å². The Bertz CT molecular complexity index is 327. The number of amides is 1. The highest BCUT2D eigenvalue weighted by atomic mass is 16.3. The van der Waals surface area contributed by atoms with Crippen LogP contribution in [0.4, 0.5) is 0 Å². The van der Waals surface area contributed by atoms with Crippen molar-refractivity contribution in [3.8, 4) is 0 Å². The number of hydrogen-bond acceptors (Lipinski definition) is 3. The van der Waals surface area contributed by atoms with Crippen LogP contribution in [-0.4, -0.2) is 47.7 Å². The molecule has 1 aliphatic heterocycles. The van der Waals surface area contributed by atoms with Gasteiger partial charge < -0.3 is 15.3 Å². The van der Waals surface area contributed by atoms with Crippen molar-refractivity contribution in [1.29, 1.82) is 0 Å². The maximum Gasteiger partial charge on any atom is 0.222 e. The Labute approximate surface area is 129 Å². The number of likely N-dealkylation sites (tertiary alicyclic amines) is 1. The number of rotatable bonds is 6. The van der Waals surface area contributed by atoms with E-state index in [1.165, 1.54) is 25.7 Å². The van der Waals surface area contributed by atoms with E-state index in [2.05, 4.69) is 5.32 Å². The Morgan fingerprint density at radius 2 is 2.05 bits per heavy atom. The molecule has 2 rings (SSSR count). The number of piperidine rings is 1. The highest BCUT2D eigenvalue weighted by Gasteiger charge is 2.32. The number of carbonyl (C=O) groups is 1. The molecule has 1 amide bonds. The molecule has 3 atom stereocenters. The van der Waals surface area contributed by atoms with Crippen LogP contribution in [0.2, 0.25) is 0 Å². The van der Waals surface area contributed by atoms with Crippen molar-refractivity contribution in [2.75, 3.05) is 19.6 Å². The summed E-state index contributed by atoms with van der Waals surface area (Å²) in [5.74, 6) is 1.27. The van der Waals surface area contributed by atoms with E-state index in [1.807, 2.05) is 18.7 Å². The van der Waals surface area contributed by atoms with E-state index in [0.717, 1.165) is 38.4 Å². The zero-order chi connectivity index (χ0) is 15.2. The number of carbonyl (C=O) groups excluding carboxylic acids is 1. The second-order valence-corrected chi connectivity index (χ2v) is 7.04. The third kappa shape index (κ3) is 4.96. The van der Waals surface area contributed by atoms with Crippen LogP contribution in [0, 0.1) is 11.8 Å². The van der Waals surface area contributed by atoms with E-state index in [0.29, 0.717) is 12.5 Å². The summed E-state index contributed by atoms with van der Waals surface area (Å²) in [6.45, 7) is 6.51. The third-order valence-corrected chi connectivity index (χ3v) is 5.15. The van der Waals surface area contributed by atoms with E-state index < -0.39 is 0 Å². The van der Waals surface area contributed by atoms with Crippen molar-refractivity contribution in [3.05, 3.63) is 0 Å². The second-order valence-electron chi connectivity index (χ2n) is 7.04. The maximum absolute atomic E-state index is 12.2. The minimum atomic E-state index is -0.335. The zero-order valence-corrected chi connectivity index (χ0v) is 13.7. The first-order valence-corrected chi connectivity index (χ1v) is 8.79. The van der Waals surface area contributed by atoms with E-state index in [9.17, 15) is 9.90 Å². The smallest absolute Gasteiger partial charge is 0.222 e. The van der Waals surface area contributed by atoms with Gasteiger partial charge in [-0.25, -0.2) is 0 Å². The molecule has 2 fully saturated rings. The maximum atomic E-state index is 12.2. The first-order chi connectivity index (χ1) is 10.1. The van der Waals surface area contributed by atoms with Gasteiger partial charge in [0.2, 0.25) is 5.91 Å². The Balaban J connectivity index is 1.87. The van der Waals surface area contributed by atoms with Crippen molar-refractivity contribution in [3.63, 3.8) is 0 Å². The highest BCUT2D eigenvalue weighted by Crippen LogP contribution is 2.25. The molecule has 0 aromatic rings. The molecule has 4 nitrogen and oxygen atoms in total. The lowest BCUT2D eigenvalue weighted by Gasteiger charge is -2.39. The van der Waals surface area contributed by atoms with Gasteiger partial charge in [-0.1, -0.05) is 19.8 Å². The topological polar surface area (TPSA) is 52.6 Å². The van der Waals surface area contributed by atoms with Gasteiger partial charge in [-0.2, -0.15) is 0 Å². The van der Waals surface area contributed by atoms with E-state index in [4.69, 9.17) is 0 Å². The largest absolute Gasteiger partial charge is 0.393 e. The number of hydrogen-bond donors (Lipinski definition) is 2. The van der Waals surface area contributed by atoms with Gasteiger partial charge in [0.05, 0.1) is 6.10 Å². The molecule has 122 valence electrons. The molecule has 0 bridgehead atoms. The van der Waals surface area contributed by atoms with E-state index in [1.54, 1.807) is 0 Å². The van der Waals surface area contributed by atoms with Gasteiger partial charge in [-0.3, -0.25) is 4.79 Å². The van der Waals surface area contributed by atoms with Crippen LogP contribution in [0.1, 0.15) is 58.8 Å². The van der Waals surface area contributed by atoms with E-state index >= 15 is 0 Å². The summed E-state index contributed by atoms with van der Waals surface area (Å²) in [7, 11) is 0. The Morgan fingerprint density at radius 1 is 1.33 bits per heavy atom. The lowest BCUT2D eigenvalue weighted by Crippen LogP contribution is -2.53. The van der Waals surface area contributed by atoms with Crippen LogP contribution in [0.3, 0.4) is 0 Å². The first-order valence-electron chi connectivity index (χ1n) is 8.79. The molecule has 1 saturated carbocycles. The summed E-state index contributed by atoms with van der Waals surface area (Å²) in [5.41, 5.74) is 0. The minimum absolute atomic E-state index is 0.209. The molecule has 4 heteroatoms. The van der Waals surface area contributed by atoms with Crippen molar-refractivity contribution in [2.24, 2.45) is 11.8 Å². The number of nitrogens with zero attached hydrogens (tertiary/aromatic N) is 1. The van der Waals surface area contributed by atoms with Gasteiger partial charge in [-0.05, 0) is 45.1 Å². The van der Waals surface area contributed by atoms with Crippen LogP contribution >= 0.6 is 0 Å². The van der Waals surface area contributed by atoms with Crippen LogP contribution in [-0.2, 0) is 4.79 Å². The Hall–Kier alpha value is -0.610. The fraction of sp³-hybridized carbons (Fsp3) is 0.941. The summed E-state index contributed by atoms with van der Waals surface area (Å²) in [6, 6.07) is 0.347. The zero-order valence-electron chi connectivity index (χ0n) is 13.7. The average Bonchev–Trinajstić information content (AvgIpc) is 2.98. The molecule has 0 spiro atoms. The Morgan fingerprint density at radius 3 is 2.67 bits per heavy atom. The summed E-state index contributed by atoms with van der Waals surface area (Å²) >= 11 is 0. The fourth-order valence-corrected chi connectivity index (χ4v) is 3.76. The molecule has 1 saturated heterocycles. The molecule has 21 heavy (non-hydrogen) atoms. The van der Waals surface area contributed by atoms with Gasteiger partial charge in [0.1, 0.15) is 0 Å². The van der Waals surface area contributed by atoms with Crippen molar-refractivity contribution < 1.29 is 9.90 Å². The SMILES string of the molecule is CCCC(=O)N1CC(NCC2CCCC2)CC(C(C)O)C1. The summed E-state index contributed by atoms with van der Waals surface area (Å²) in [5, 5.41) is 13.6. The van der Waals surface area contributed by atoms with Gasteiger partial charge >= 0.3 is 0 Å².